The van der Waals surface area contributed by atoms with Crippen molar-refractivity contribution < 1.29 is 0 Å². The SMILES string of the molecule is Cc1nc(NCc2ccccc2)c(C#N)s1. The standard InChI is InChI=1S/C12H11N3S/c1-9-15-12(11(7-13)16-9)14-8-10-5-3-2-4-6-10/h2-6,14H,8H2,1H3. The molecular weight excluding hydrogens is 218 g/mol. The number of hydrogen-bond donors (Lipinski definition) is 1. The van der Waals surface area contributed by atoms with Gasteiger partial charge in [0.25, 0.3) is 0 Å². The molecule has 0 amide bonds. The van der Waals surface area contributed by atoms with Gasteiger partial charge in [-0.1, -0.05) is 30.3 Å². The van der Waals surface area contributed by atoms with Gasteiger partial charge in [0.15, 0.2) is 5.82 Å². The summed E-state index contributed by atoms with van der Waals surface area (Å²) < 4.78 is 0. The van der Waals surface area contributed by atoms with Crippen molar-refractivity contribution in [2.45, 2.75) is 13.5 Å². The molecule has 0 atom stereocenters. The van der Waals surface area contributed by atoms with Gasteiger partial charge in [-0.15, -0.1) is 11.3 Å². The van der Waals surface area contributed by atoms with Gasteiger partial charge in [0.2, 0.25) is 0 Å². The van der Waals surface area contributed by atoms with Crippen LogP contribution in [0.3, 0.4) is 0 Å². The first kappa shape index (κ1) is 10.7. The highest BCUT2D eigenvalue weighted by atomic mass is 32.1. The Morgan fingerprint density at radius 2 is 2.12 bits per heavy atom. The number of nitriles is 1. The van der Waals surface area contributed by atoms with Crippen LogP contribution in [0.5, 0.6) is 0 Å². The highest BCUT2D eigenvalue weighted by Gasteiger charge is 2.07. The van der Waals surface area contributed by atoms with Gasteiger partial charge in [-0.2, -0.15) is 5.26 Å². The zero-order valence-electron chi connectivity index (χ0n) is 8.90. The van der Waals surface area contributed by atoms with Gasteiger partial charge in [0.1, 0.15) is 10.9 Å². The van der Waals surface area contributed by atoms with Crippen LogP contribution in [0.15, 0.2) is 30.3 Å². The Balaban J connectivity index is 2.08. The zero-order chi connectivity index (χ0) is 11.4. The lowest BCUT2D eigenvalue weighted by Gasteiger charge is -2.02. The molecule has 1 aromatic carbocycles. The van der Waals surface area contributed by atoms with E-state index < -0.39 is 0 Å². The van der Waals surface area contributed by atoms with Crippen LogP contribution in [0.25, 0.3) is 0 Å². The molecule has 0 spiro atoms. The van der Waals surface area contributed by atoms with E-state index in [-0.39, 0.29) is 0 Å². The van der Waals surface area contributed by atoms with Gasteiger partial charge >= 0.3 is 0 Å². The normalized spacial score (nSPS) is 9.75. The maximum absolute atomic E-state index is 8.91. The van der Waals surface area contributed by atoms with E-state index in [9.17, 15) is 0 Å². The first-order valence-electron chi connectivity index (χ1n) is 4.95. The van der Waals surface area contributed by atoms with Crippen molar-refractivity contribution in [3.05, 3.63) is 45.8 Å². The molecule has 0 bridgehead atoms. The van der Waals surface area contributed by atoms with E-state index >= 15 is 0 Å². The molecule has 1 N–H and O–H groups in total. The largest absolute Gasteiger partial charge is 0.364 e. The number of hydrogen-bond acceptors (Lipinski definition) is 4. The van der Waals surface area contributed by atoms with Gasteiger partial charge in [-0.05, 0) is 12.5 Å². The maximum Gasteiger partial charge on any atom is 0.155 e. The predicted molar refractivity (Wildman–Crippen MR) is 65.3 cm³/mol. The van der Waals surface area contributed by atoms with Crippen molar-refractivity contribution in [2.24, 2.45) is 0 Å². The minimum absolute atomic E-state index is 0.647. The summed E-state index contributed by atoms with van der Waals surface area (Å²) in [5, 5.41) is 13.0. The van der Waals surface area contributed by atoms with Crippen molar-refractivity contribution >= 4 is 17.2 Å². The van der Waals surface area contributed by atoms with Crippen LogP contribution in [0.1, 0.15) is 15.4 Å². The van der Waals surface area contributed by atoms with E-state index in [0.717, 1.165) is 5.01 Å². The van der Waals surface area contributed by atoms with Gasteiger partial charge in [-0.25, -0.2) is 4.98 Å². The molecule has 0 saturated heterocycles. The molecule has 0 fully saturated rings. The Hall–Kier alpha value is -1.86. The second-order valence-corrected chi connectivity index (χ2v) is 4.56. The lowest BCUT2D eigenvalue weighted by atomic mass is 10.2. The van der Waals surface area contributed by atoms with Gasteiger partial charge < -0.3 is 5.32 Å². The first-order valence-corrected chi connectivity index (χ1v) is 5.76. The van der Waals surface area contributed by atoms with Crippen LogP contribution in [0.4, 0.5) is 5.82 Å². The molecule has 2 rings (SSSR count). The summed E-state index contributed by atoms with van der Waals surface area (Å²) in [5.74, 6) is 0.689. The lowest BCUT2D eigenvalue weighted by Crippen LogP contribution is -2.00. The van der Waals surface area contributed by atoms with E-state index in [1.54, 1.807) is 0 Å². The Morgan fingerprint density at radius 1 is 1.38 bits per heavy atom. The summed E-state index contributed by atoms with van der Waals surface area (Å²) in [6.45, 7) is 2.60. The Bertz CT molecular complexity index is 511. The van der Waals surface area contributed by atoms with Gasteiger partial charge in [0.05, 0.1) is 5.01 Å². The van der Waals surface area contributed by atoms with Crippen molar-refractivity contribution in [2.75, 3.05) is 5.32 Å². The molecule has 0 aliphatic carbocycles. The van der Waals surface area contributed by atoms with Crippen LogP contribution >= 0.6 is 11.3 Å². The van der Waals surface area contributed by atoms with Crippen LogP contribution in [-0.4, -0.2) is 4.98 Å². The average Bonchev–Trinajstić information content (AvgIpc) is 2.68. The third-order valence-corrected chi connectivity index (χ3v) is 3.01. The monoisotopic (exact) mass is 229 g/mol. The fourth-order valence-electron chi connectivity index (χ4n) is 1.40. The summed E-state index contributed by atoms with van der Waals surface area (Å²) in [4.78, 5) is 4.93. The Morgan fingerprint density at radius 3 is 2.81 bits per heavy atom. The minimum atomic E-state index is 0.647. The lowest BCUT2D eigenvalue weighted by molar-refractivity contribution is 1.11. The van der Waals surface area contributed by atoms with E-state index in [2.05, 4.69) is 16.4 Å². The van der Waals surface area contributed by atoms with Crippen LogP contribution in [-0.2, 0) is 6.54 Å². The second kappa shape index (κ2) is 4.77. The molecule has 1 heterocycles. The molecule has 4 heteroatoms. The van der Waals surface area contributed by atoms with Crippen LogP contribution < -0.4 is 5.32 Å². The quantitative estimate of drug-likeness (QED) is 0.880. The van der Waals surface area contributed by atoms with Crippen LogP contribution in [0, 0.1) is 18.3 Å². The highest BCUT2D eigenvalue weighted by Crippen LogP contribution is 2.21. The van der Waals surface area contributed by atoms with Crippen molar-refractivity contribution in [1.82, 2.24) is 4.98 Å². The first-order chi connectivity index (χ1) is 7.79. The van der Waals surface area contributed by atoms with E-state index in [4.69, 9.17) is 5.26 Å². The van der Waals surface area contributed by atoms with Crippen molar-refractivity contribution in [3.63, 3.8) is 0 Å². The molecular formula is C12H11N3S. The number of anilines is 1. The highest BCUT2D eigenvalue weighted by molar-refractivity contribution is 7.12. The maximum atomic E-state index is 8.91. The number of aryl methyl sites for hydroxylation is 1. The number of benzene rings is 1. The average molecular weight is 229 g/mol. The molecule has 0 aliphatic heterocycles. The summed E-state index contributed by atoms with van der Waals surface area (Å²) in [7, 11) is 0. The molecule has 0 saturated carbocycles. The van der Waals surface area contributed by atoms with Crippen molar-refractivity contribution in [3.8, 4) is 6.07 Å². The second-order valence-electron chi connectivity index (χ2n) is 3.36. The molecule has 0 radical (unpaired) electrons. The molecule has 0 aliphatic rings. The summed E-state index contributed by atoms with van der Waals surface area (Å²) in [6, 6.07) is 12.2. The predicted octanol–water partition coefficient (Wildman–Crippen LogP) is 2.94. The van der Waals surface area contributed by atoms with E-state index in [1.165, 1.54) is 16.9 Å². The third-order valence-electron chi connectivity index (χ3n) is 2.14. The van der Waals surface area contributed by atoms with Gasteiger partial charge in [-0.3, -0.25) is 0 Å². The minimum Gasteiger partial charge on any atom is -0.364 e. The van der Waals surface area contributed by atoms with E-state index in [1.807, 2.05) is 37.3 Å². The Kier molecular flexibility index (Phi) is 3.18. The number of nitrogens with one attached hydrogen (secondary N) is 1. The Labute approximate surface area is 98.4 Å². The van der Waals surface area contributed by atoms with Gasteiger partial charge in [0, 0.05) is 6.54 Å². The fourth-order valence-corrected chi connectivity index (χ4v) is 2.10. The number of nitrogens with zero attached hydrogens (tertiary/aromatic N) is 2. The summed E-state index contributed by atoms with van der Waals surface area (Å²) in [5.41, 5.74) is 1.18. The smallest absolute Gasteiger partial charge is 0.155 e. The fraction of sp³-hybridized carbons (Fsp3) is 0.167. The molecule has 2 aromatic rings. The summed E-state index contributed by atoms with van der Waals surface area (Å²) >= 11 is 1.41. The topological polar surface area (TPSA) is 48.7 Å². The zero-order valence-corrected chi connectivity index (χ0v) is 9.71. The number of aromatic nitrogens is 1. The molecule has 3 nitrogen and oxygen atoms in total. The molecule has 16 heavy (non-hydrogen) atoms. The molecule has 1 aromatic heterocycles. The van der Waals surface area contributed by atoms with Crippen LogP contribution in [0.2, 0.25) is 0 Å². The third kappa shape index (κ3) is 2.38. The number of thiazole rings is 1. The summed E-state index contributed by atoms with van der Waals surface area (Å²) in [6.07, 6.45) is 0. The molecule has 0 unspecified atom stereocenters. The number of rotatable bonds is 3. The molecule has 80 valence electrons. The van der Waals surface area contributed by atoms with Crippen molar-refractivity contribution in [1.29, 1.82) is 5.26 Å². The van der Waals surface area contributed by atoms with E-state index in [0.29, 0.717) is 17.2 Å².